The van der Waals surface area contributed by atoms with Gasteiger partial charge in [-0.15, -0.1) is 12.6 Å². The molecule has 2 aromatic carbocycles. The first-order chi connectivity index (χ1) is 9.98. The third-order valence-electron chi connectivity index (χ3n) is 3.04. The molecule has 0 radical (unpaired) electrons. The second-order valence-corrected chi connectivity index (χ2v) is 5.08. The molecule has 2 rings (SSSR count). The summed E-state index contributed by atoms with van der Waals surface area (Å²) in [5, 5.41) is 9.38. The third-order valence-corrected chi connectivity index (χ3v) is 3.64. The summed E-state index contributed by atoms with van der Waals surface area (Å²) in [4.78, 5) is 36.4. The zero-order valence-electron chi connectivity index (χ0n) is 10.9. The van der Waals surface area contributed by atoms with Crippen LogP contribution in [0.15, 0.2) is 60.7 Å². The maximum Gasteiger partial charge on any atom is 0.335 e. The van der Waals surface area contributed by atoms with Crippen molar-refractivity contribution in [2.45, 2.75) is 4.75 Å². The van der Waals surface area contributed by atoms with Gasteiger partial charge in [-0.2, -0.15) is 0 Å². The number of aliphatic carboxylic acids is 1. The molecule has 4 nitrogen and oxygen atoms in total. The number of carboxylic acids is 1. The van der Waals surface area contributed by atoms with E-state index in [1.54, 1.807) is 36.4 Å². The number of rotatable bonds is 5. The van der Waals surface area contributed by atoms with E-state index in [0.717, 1.165) is 0 Å². The lowest BCUT2D eigenvalue weighted by atomic mass is 9.89. The van der Waals surface area contributed by atoms with Crippen molar-refractivity contribution in [3.05, 3.63) is 71.8 Å². The SMILES string of the molecule is O=C(O)C(S)(C(=O)c1ccccc1)C(=O)c1ccccc1. The molecular formula is C16H12O4S. The van der Waals surface area contributed by atoms with Gasteiger partial charge in [-0.3, -0.25) is 9.59 Å². The van der Waals surface area contributed by atoms with Gasteiger partial charge in [0.25, 0.3) is 0 Å². The molecule has 5 heteroatoms. The van der Waals surface area contributed by atoms with Crippen LogP contribution >= 0.6 is 12.6 Å². The van der Waals surface area contributed by atoms with Crippen molar-refractivity contribution in [2.75, 3.05) is 0 Å². The fraction of sp³-hybridized carbons (Fsp3) is 0.0625. The summed E-state index contributed by atoms with van der Waals surface area (Å²) in [6, 6.07) is 15.6. The predicted octanol–water partition coefficient (Wildman–Crippen LogP) is 2.51. The lowest BCUT2D eigenvalue weighted by molar-refractivity contribution is -0.137. The molecule has 0 atom stereocenters. The molecule has 21 heavy (non-hydrogen) atoms. The summed E-state index contributed by atoms with van der Waals surface area (Å²) < 4.78 is -2.44. The molecular weight excluding hydrogens is 288 g/mol. The summed E-state index contributed by atoms with van der Waals surface area (Å²) in [5.41, 5.74) is 0.248. The maximum atomic E-state index is 12.4. The Bertz CT molecular complexity index is 628. The van der Waals surface area contributed by atoms with E-state index >= 15 is 0 Å². The summed E-state index contributed by atoms with van der Waals surface area (Å²) in [6.45, 7) is 0. The van der Waals surface area contributed by atoms with Crippen molar-refractivity contribution in [1.29, 1.82) is 0 Å². The molecule has 0 fully saturated rings. The molecule has 0 aromatic heterocycles. The topological polar surface area (TPSA) is 71.4 Å². The van der Waals surface area contributed by atoms with Gasteiger partial charge in [0.2, 0.25) is 4.75 Å². The van der Waals surface area contributed by atoms with Crippen LogP contribution in [0.5, 0.6) is 0 Å². The molecule has 0 heterocycles. The van der Waals surface area contributed by atoms with E-state index in [0.29, 0.717) is 0 Å². The minimum Gasteiger partial charge on any atom is -0.480 e. The van der Waals surface area contributed by atoms with Crippen molar-refractivity contribution >= 4 is 30.2 Å². The van der Waals surface area contributed by atoms with Crippen LogP contribution in [0, 0.1) is 0 Å². The number of carbonyl (C=O) groups excluding carboxylic acids is 2. The van der Waals surface area contributed by atoms with Crippen LogP contribution in [0.25, 0.3) is 0 Å². The molecule has 0 bridgehead atoms. The molecule has 0 aliphatic rings. The smallest absolute Gasteiger partial charge is 0.335 e. The minimum atomic E-state index is -2.44. The number of ketones is 2. The Morgan fingerprint density at radius 2 is 1.10 bits per heavy atom. The van der Waals surface area contributed by atoms with Gasteiger partial charge in [0.05, 0.1) is 0 Å². The van der Waals surface area contributed by atoms with Crippen molar-refractivity contribution in [1.82, 2.24) is 0 Å². The van der Waals surface area contributed by atoms with E-state index in [9.17, 15) is 19.5 Å². The van der Waals surface area contributed by atoms with E-state index < -0.39 is 22.3 Å². The number of carbonyl (C=O) groups is 3. The number of Topliss-reactive ketones (excluding diaryl/α,β-unsaturated/α-hetero) is 2. The molecule has 0 unspecified atom stereocenters. The molecule has 0 spiro atoms. The average Bonchev–Trinajstić information content (AvgIpc) is 2.54. The molecule has 106 valence electrons. The van der Waals surface area contributed by atoms with E-state index in [2.05, 4.69) is 12.6 Å². The predicted molar refractivity (Wildman–Crippen MR) is 80.9 cm³/mol. The van der Waals surface area contributed by atoms with Crippen LogP contribution in [0.1, 0.15) is 20.7 Å². The largest absolute Gasteiger partial charge is 0.480 e. The quantitative estimate of drug-likeness (QED) is 0.505. The van der Waals surface area contributed by atoms with Crippen LogP contribution < -0.4 is 0 Å². The zero-order chi connectivity index (χ0) is 15.5. The standard InChI is InChI=1S/C16H12O4S/c17-13(11-7-3-1-4-8-11)16(21,15(19)20)14(18)12-9-5-2-6-10-12/h1-10,21H,(H,19,20). The highest BCUT2D eigenvalue weighted by atomic mass is 32.1. The van der Waals surface area contributed by atoms with Crippen molar-refractivity contribution in [3.63, 3.8) is 0 Å². The van der Waals surface area contributed by atoms with Crippen LogP contribution in [-0.4, -0.2) is 27.4 Å². The summed E-state index contributed by atoms with van der Waals surface area (Å²) in [7, 11) is 0. The summed E-state index contributed by atoms with van der Waals surface area (Å²) in [5.74, 6) is -3.30. The number of hydrogen-bond donors (Lipinski definition) is 2. The van der Waals surface area contributed by atoms with Gasteiger partial charge >= 0.3 is 5.97 Å². The lowest BCUT2D eigenvalue weighted by Gasteiger charge is -2.21. The highest BCUT2D eigenvalue weighted by Crippen LogP contribution is 2.26. The second-order valence-electron chi connectivity index (χ2n) is 4.41. The maximum absolute atomic E-state index is 12.4. The van der Waals surface area contributed by atoms with Crippen molar-refractivity contribution in [2.24, 2.45) is 0 Å². The van der Waals surface area contributed by atoms with Gasteiger partial charge in [0.1, 0.15) is 0 Å². The van der Waals surface area contributed by atoms with Crippen LogP contribution in [0.4, 0.5) is 0 Å². The fourth-order valence-electron chi connectivity index (χ4n) is 1.89. The molecule has 0 amide bonds. The monoisotopic (exact) mass is 300 g/mol. The highest BCUT2D eigenvalue weighted by molar-refractivity contribution is 7.85. The molecule has 0 aliphatic carbocycles. The zero-order valence-corrected chi connectivity index (χ0v) is 11.8. The Labute approximate surface area is 126 Å². The van der Waals surface area contributed by atoms with Crippen molar-refractivity contribution in [3.8, 4) is 0 Å². The van der Waals surface area contributed by atoms with E-state index in [4.69, 9.17) is 0 Å². The average molecular weight is 300 g/mol. The first-order valence-corrected chi connectivity index (χ1v) is 6.58. The Hall–Kier alpha value is -2.40. The van der Waals surface area contributed by atoms with Crippen LogP contribution in [-0.2, 0) is 4.79 Å². The molecule has 1 N–H and O–H groups in total. The molecule has 0 saturated carbocycles. The number of thiol groups is 1. The Morgan fingerprint density at radius 3 is 1.38 bits per heavy atom. The fourth-order valence-corrected chi connectivity index (χ4v) is 2.15. The van der Waals surface area contributed by atoms with Crippen LogP contribution in [0.3, 0.4) is 0 Å². The summed E-state index contributed by atoms with van der Waals surface area (Å²) in [6.07, 6.45) is 0. The first kappa shape index (κ1) is 15.0. The third kappa shape index (κ3) is 2.73. The van der Waals surface area contributed by atoms with Crippen molar-refractivity contribution < 1.29 is 19.5 Å². The van der Waals surface area contributed by atoms with Gasteiger partial charge in [-0.1, -0.05) is 60.7 Å². The summed E-state index contributed by atoms with van der Waals surface area (Å²) >= 11 is 3.93. The molecule has 2 aromatic rings. The first-order valence-electron chi connectivity index (χ1n) is 6.13. The highest BCUT2D eigenvalue weighted by Gasteiger charge is 2.50. The van der Waals surface area contributed by atoms with E-state index in [1.165, 1.54) is 24.3 Å². The Morgan fingerprint density at radius 1 is 0.762 bits per heavy atom. The van der Waals surface area contributed by atoms with Crippen LogP contribution in [0.2, 0.25) is 0 Å². The number of carboxylic acid groups (broad SMARTS) is 1. The lowest BCUT2D eigenvalue weighted by Crippen LogP contribution is -2.48. The molecule has 0 aliphatic heterocycles. The number of hydrogen-bond acceptors (Lipinski definition) is 4. The van der Waals surface area contributed by atoms with Gasteiger partial charge in [-0.05, 0) is 0 Å². The minimum absolute atomic E-state index is 0.124. The number of benzene rings is 2. The van der Waals surface area contributed by atoms with Gasteiger partial charge in [0, 0.05) is 11.1 Å². The van der Waals surface area contributed by atoms with Gasteiger partial charge in [-0.25, -0.2) is 4.79 Å². The Balaban J connectivity index is 2.49. The van der Waals surface area contributed by atoms with E-state index in [1.807, 2.05) is 0 Å². The normalized spacial score (nSPS) is 10.9. The van der Waals surface area contributed by atoms with Gasteiger partial charge < -0.3 is 5.11 Å². The Kier molecular flexibility index (Phi) is 4.23. The van der Waals surface area contributed by atoms with Gasteiger partial charge in [0.15, 0.2) is 11.6 Å². The van der Waals surface area contributed by atoms with E-state index in [-0.39, 0.29) is 11.1 Å². The second kappa shape index (κ2) is 5.93. The molecule has 0 saturated heterocycles.